The molecular formula is C13H10F2N2O. The van der Waals surface area contributed by atoms with Gasteiger partial charge in [0.15, 0.2) is 0 Å². The molecule has 0 bridgehead atoms. The first-order valence-corrected chi connectivity index (χ1v) is 5.13. The molecule has 3 nitrogen and oxygen atoms in total. The van der Waals surface area contributed by atoms with Crippen LogP contribution >= 0.6 is 0 Å². The van der Waals surface area contributed by atoms with Crippen molar-refractivity contribution in [3.05, 3.63) is 59.7 Å². The number of ether oxygens (including phenoxy) is 1. The topological polar surface area (TPSA) is 59.1 Å². The van der Waals surface area contributed by atoms with Gasteiger partial charge in [-0.25, -0.2) is 8.78 Å². The standard InChI is InChI=1S/C13H10F2N2O/c14-8-1-4-10(5-2-8)18-12-6-3-9(15)7-11(12)13(16)17/h1-7H,(H3,16,17). The van der Waals surface area contributed by atoms with Crippen molar-refractivity contribution in [1.29, 1.82) is 5.41 Å². The van der Waals surface area contributed by atoms with Gasteiger partial charge in [0.05, 0.1) is 5.56 Å². The third-order valence-electron chi connectivity index (χ3n) is 2.27. The van der Waals surface area contributed by atoms with Gasteiger partial charge >= 0.3 is 0 Å². The van der Waals surface area contributed by atoms with Gasteiger partial charge in [-0.3, -0.25) is 5.41 Å². The van der Waals surface area contributed by atoms with E-state index in [2.05, 4.69) is 0 Å². The molecule has 0 spiro atoms. The van der Waals surface area contributed by atoms with E-state index in [1.165, 1.54) is 36.4 Å². The second kappa shape index (κ2) is 4.83. The Labute approximate surface area is 102 Å². The number of halogens is 2. The molecule has 0 fully saturated rings. The zero-order valence-corrected chi connectivity index (χ0v) is 9.28. The normalized spacial score (nSPS) is 10.1. The molecule has 0 atom stereocenters. The van der Waals surface area contributed by atoms with Crippen molar-refractivity contribution in [2.45, 2.75) is 0 Å². The van der Waals surface area contributed by atoms with Gasteiger partial charge in [0.25, 0.3) is 0 Å². The molecule has 2 aromatic carbocycles. The number of hydrogen-bond acceptors (Lipinski definition) is 2. The van der Waals surface area contributed by atoms with Crippen LogP contribution in [0.2, 0.25) is 0 Å². The lowest BCUT2D eigenvalue weighted by atomic mass is 10.2. The van der Waals surface area contributed by atoms with Gasteiger partial charge in [-0.05, 0) is 42.5 Å². The van der Waals surface area contributed by atoms with E-state index in [1.54, 1.807) is 0 Å². The Morgan fingerprint density at radius 1 is 1.00 bits per heavy atom. The Bertz CT molecular complexity index is 582. The summed E-state index contributed by atoms with van der Waals surface area (Å²) in [5, 5.41) is 7.34. The van der Waals surface area contributed by atoms with Crippen molar-refractivity contribution in [2.75, 3.05) is 0 Å². The van der Waals surface area contributed by atoms with Crippen LogP contribution < -0.4 is 10.5 Å². The fraction of sp³-hybridized carbons (Fsp3) is 0. The smallest absolute Gasteiger partial charge is 0.138 e. The number of nitrogens with two attached hydrogens (primary N) is 1. The summed E-state index contributed by atoms with van der Waals surface area (Å²) in [4.78, 5) is 0. The van der Waals surface area contributed by atoms with Crippen molar-refractivity contribution in [2.24, 2.45) is 5.73 Å². The van der Waals surface area contributed by atoms with E-state index in [4.69, 9.17) is 15.9 Å². The summed E-state index contributed by atoms with van der Waals surface area (Å²) in [5.74, 6) is -0.562. The SMILES string of the molecule is N=C(N)c1cc(F)ccc1Oc1ccc(F)cc1. The molecule has 0 amide bonds. The van der Waals surface area contributed by atoms with Crippen LogP contribution in [0.15, 0.2) is 42.5 Å². The van der Waals surface area contributed by atoms with Crippen LogP contribution in [0, 0.1) is 17.0 Å². The number of nitrogen functional groups attached to an aromatic ring is 1. The molecule has 18 heavy (non-hydrogen) atoms. The van der Waals surface area contributed by atoms with Gasteiger partial charge in [0.2, 0.25) is 0 Å². The molecule has 0 radical (unpaired) electrons. The van der Waals surface area contributed by atoms with E-state index in [0.29, 0.717) is 5.75 Å². The summed E-state index contributed by atoms with van der Waals surface area (Å²) in [7, 11) is 0. The third kappa shape index (κ3) is 2.63. The van der Waals surface area contributed by atoms with Gasteiger partial charge in [-0.1, -0.05) is 0 Å². The second-order valence-corrected chi connectivity index (χ2v) is 3.61. The maximum absolute atomic E-state index is 13.0. The van der Waals surface area contributed by atoms with E-state index < -0.39 is 5.82 Å². The Balaban J connectivity index is 2.34. The van der Waals surface area contributed by atoms with Crippen molar-refractivity contribution in [3.63, 3.8) is 0 Å². The highest BCUT2D eigenvalue weighted by molar-refractivity contribution is 5.97. The molecule has 0 heterocycles. The largest absolute Gasteiger partial charge is 0.457 e. The van der Waals surface area contributed by atoms with Crippen molar-refractivity contribution < 1.29 is 13.5 Å². The average Bonchev–Trinajstić information content (AvgIpc) is 2.34. The molecular weight excluding hydrogens is 238 g/mol. The zero-order valence-electron chi connectivity index (χ0n) is 9.28. The number of amidine groups is 1. The molecule has 0 aliphatic rings. The van der Waals surface area contributed by atoms with Crippen LogP contribution in [0.3, 0.4) is 0 Å². The number of nitrogens with one attached hydrogen (secondary N) is 1. The second-order valence-electron chi connectivity index (χ2n) is 3.61. The monoisotopic (exact) mass is 248 g/mol. The molecule has 0 aromatic heterocycles. The first-order valence-electron chi connectivity index (χ1n) is 5.13. The highest BCUT2D eigenvalue weighted by atomic mass is 19.1. The molecule has 92 valence electrons. The zero-order chi connectivity index (χ0) is 13.1. The van der Waals surface area contributed by atoms with E-state index in [1.807, 2.05) is 0 Å². The molecule has 0 saturated carbocycles. The van der Waals surface area contributed by atoms with Crippen molar-refractivity contribution >= 4 is 5.84 Å². The van der Waals surface area contributed by atoms with Gasteiger partial charge in [-0.15, -0.1) is 0 Å². The van der Waals surface area contributed by atoms with E-state index in [0.717, 1.165) is 6.07 Å². The van der Waals surface area contributed by atoms with E-state index in [-0.39, 0.29) is 23.0 Å². The Morgan fingerprint density at radius 3 is 2.22 bits per heavy atom. The minimum atomic E-state index is -0.508. The summed E-state index contributed by atoms with van der Waals surface area (Å²) >= 11 is 0. The van der Waals surface area contributed by atoms with Crippen LogP contribution in [0.5, 0.6) is 11.5 Å². The fourth-order valence-corrected chi connectivity index (χ4v) is 1.43. The Morgan fingerprint density at radius 2 is 1.61 bits per heavy atom. The fourth-order valence-electron chi connectivity index (χ4n) is 1.43. The van der Waals surface area contributed by atoms with Crippen LogP contribution in [0.25, 0.3) is 0 Å². The summed E-state index contributed by atoms with van der Waals surface area (Å²) in [6.07, 6.45) is 0. The molecule has 3 N–H and O–H groups in total. The Hall–Kier alpha value is -2.43. The first-order chi connectivity index (χ1) is 8.56. The van der Waals surface area contributed by atoms with Crippen molar-refractivity contribution in [1.82, 2.24) is 0 Å². The van der Waals surface area contributed by atoms with E-state index in [9.17, 15) is 8.78 Å². The molecule has 0 aliphatic carbocycles. The summed E-state index contributed by atoms with van der Waals surface area (Å²) in [5.41, 5.74) is 5.49. The maximum atomic E-state index is 13.0. The first kappa shape index (κ1) is 12.0. The summed E-state index contributed by atoms with van der Waals surface area (Å²) < 4.78 is 31.2. The van der Waals surface area contributed by atoms with Gasteiger partial charge in [0.1, 0.15) is 29.0 Å². The number of benzene rings is 2. The van der Waals surface area contributed by atoms with Crippen LogP contribution in [0.4, 0.5) is 8.78 Å². The van der Waals surface area contributed by atoms with Gasteiger partial charge in [-0.2, -0.15) is 0 Å². The average molecular weight is 248 g/mol. The van der Waals surface area contributed by atoms with Gasteiger partial charge in [0, 0.05) is 0 Å². The molecule has 0 aliphatic heterocycles. The molecule has 2 rings (SSSR count). The minimum Gasteiger partial charge on any atom is -0.457 e. The van der Waals surface area contributed by atoms with Crippen LogP contribution in [-0.4, -0.2) is 5.84 Å². The molecule has 2 aromatic rings. The quantitative estimate of drug-likeness (QED) is 0.647. The predicted molar refractivity (Wildman–Crippen MR) is 63.9 cm³/mol. The Kier molecular flexibility index (Phi) is 3.23. The molecule has 0 unspecified atom stereocenters. The predicted octanol–water partition coefficient (Wildman–Crippen LogP) is 3.04. The number of rotatable bonds is 3. The van der Waals surface area contributed by atoms with Crippen molar-refractivity contribution in [3.8, 4) is 11.5 Å². The third-order valence-corrected chi connectivity index (χ3v) is 2.27. The number of hydrogen-bond donors (Lipinski definition) is 2. The lowest BCUT2D eigenvalue weighted by molar-refractivity contribution is 0.477. The summed E-state index contributed by atoms with van der Waals surface area (Å²) in [6, 6.07) is 9.03. The molecule has 5 heteroatoms. The van der Waals surface area contributed by atoms with Gasteiger partial charge < -0.3 is 10.5 Å². The highest BCUT2D eigenvalue weighted by Crippen LogP contribution is 2.25. The lowest BCUT2D eigenvalue weighted by Gasteiger charge is -2.10. The lowest BCUT2D eigenvalue weighted by Crippen LogP contribution is -2.12. The minimum absolute atomic E-state index is 0.152. The summed E-state index contributed by atoms with van der Waals surface area (Å²) in [6.45, 7) is 0. The van der Waals surface area contributed by atoms with Crippen LogP contribution in [0.1, 0.15) is 5.56 Å². The highest BCUT2D eigenvalue weighted by Gasteiger charge is 2.09. The maximum Gasteiger partial charge on any atom is 0.138 e. The van der Waals surface area contributed by atoms with Crippen LogP contribution in [-0.2, 0) is 0 Å². The van der Waals surface area contributed by atoms with E-state index >= 15 is 0 Å². The molecule has 0 saturated heterocycles.